The number of nitrogens with zero attached hydrogens (tertiary/aromatic N) is 5. The molecule has 0 radical (unpaired) electrons. The summed E-state index contributed by atoms with van der Waals surface area (Å²) in [5, 5.41) is 0. The fourth-order valence-electron chi connectivity index (χ4n) is 2.36. The summed E-state index contributed by atoms with van der Waals surface area (Å²) in [4.78, 5) is 16.9. The zero-order valence-electron chi connectivity index (χ0n) is 11.8. The van der Waals surface area contributed by atoms with E-state index >= 15 is 0 Å². The molecule has 1 aromatic rings. The number of hydrogen-bond acceptors (Lipinski definition) is 7. The molecule has 2 N–H and O–H groups in total. The van der Waals surface area contributed by atoms with Gasteiger partial charge in [0.25, 0.3) is 0 Å². The number of aromatic nitrogens is 3. The highest BCUT2D eigenvalue weighted by molar-refractivity contribution is 5.32. The van der Waals surface area contributed by atoms with E-state index in [0.717, 1.165) is 25.4 Å². The molecule has 7 heteroatoms. The molecule has 2 rings (SSSR count). The number of likely N-dealkylation sites (tertiary alicyclic amines) is 1. The van der Waals surface area contributed by atoms with Crippen molar-refractivity contribution in [2.75, 3.05) is 45.0 Å². The van der Waals surface area contributed by atoms with Crippen molar-refractivity contribution < 1.29 is 4.74 Å². The van der Waals surface area contributed by atoms with Crippen LogP contribution in [0.2, 0.25) is 0 Å². The summed E-state index contributed by atoms with van der Waals surface area (Å²) in [5.41, 5.74) is 5.73. The molecule has 1 atom stereocenters. The van der Waals surface area contributed by atoms with Crippen LogP contribution in [-0.2, 0) is 11.3 Å². The van der Waals surface area contributed by atoms with Crippen LogP contribution in [0.15, 0.2) is 0 Å². The average molecular weight is 266 g/mol. The molecule has 0 aliphatic carbocycles. The number of nitrogens with two attached hydrogens (primary N) is 1. The predicted octanol–water partition coefficient (Wildman–Crippen LogP) is 0.131. The van der Waals surface area contributed by atoms with Gasteiger partial charge in [-0.1, -0.05) is 0 Å². The van der Waals surface area contributed by atoms with Crippen LogP contribution in [0.3, 0.4) is 0 Å². The SMILES string of the molecule is COC[C@H]1CCCN1Cc1nc(N)nc(N(C)C)n1. The van der Waals surface area contributed by atoms with Crippen LogP contribution in [0.5, 0.6) is 0 Å². The number of methoxy groups -OCH3 is 1. The van der Waals surface area contributed by atoms with Gasteiger partial charge in [-0.25, -0.2) is 0 Å². The predicted molar refractivity (Wildman–Crippen MR) is 73.9 cm³/mol. The Balaban J connectivity index is 2.09. The Hall–Kier alpha value is -1.47. The van der Waals surface area contributed by atoms with Gasteiger partial charge < -0.3 is 15.4 Å². The van der Waals surface area contributed by atoms with Crippen molar-refractivity contribution in [1.29, 1.82) is 0 Å². The molecule has 0 bridgehead atoms. The summed E-state index contributed by atoms with van der Waals surface area (Å²) in [5.74, 6) is 1.60. The third kappa shape index (κ3) is 3.51. The number of hydrogen-bond donors (Lipinski definition) is 1. The molecule has 0 amide bonds. The molecular formula is C12H22N6O. The molecule has 19 heavy (non-hydrogen) atoms. The Morgan fingerprint density at radius 2 is 2.16 bits per heavy atom. The number of rotatable bonds is 5. The van der Waals surface area contributed by atoms with E-state index in [4.69, 9.17) is 10.5 Å². The lowest BCUT2D eigenvalue weighted by molar-refractivity contribution is 0.110. The third-order valence-corrected chi connectivity index (χ3v) is 3.29. The van der Waals surface area contributed by atoms with Gasteiger partial charge in [-0.05, 0) is 19.4 Å². The fourth-order valence-corrected chi connectivity index (χ4v) is 2.36. The molecule has 0 spiro atoms. The van der Waals surface area contributed by atoms with Crippen molar-refractivity contribution in [3.8, 4) is 0 Å². The fraction of sp³-hybridized carbons (Fsp3) is 0.750. The highest BCUT2D eigenvalue weighted by atomic mass is 16.5. The maximum atomic E-state index is 5.73. The highest BCUT2D eigenvalue weighted by Crippen LogP contribution is 2.19. The van der Waals surface area contributed by atoms with E-state index < -0.39 is 0 Å². The minimum atomic E-state index is 0.274. The number of nitrogen functional groups attached to an aromatic ring is 1. The second-order valence-electron chi connectivity index (χ2n) is 5.03. The van der Waals surface area contributed by atoms with Gasteiger partial charge in [0, 0.05) is 27.2 Å². The molecule has 1 aromatic heterocycles. The van der Waals surface area contributed by atoms with E-state index in [1.54, 1.807) is 7.11 Å². The highest BCUT2D eigenvalue weighted by Gasteiger charge is 2.25. The van der Waals surface area contributed by atoms with Crippen molar-refractivity contribution in [2.24, 2.45) is 0 Å². The van der Waals surface area contributed by atoms with Crippen LogP contribution in [0.1, 0.15) is 18.7 Å². The summed E-state index contributed by atoms with van der Waals surface area (Å²) in [6.07, 6.45) is 2.35. The summed E-state index contributed by atoms with van der Waals surface area (Å²) in [7, 11) is 5.52. The first-order valence-electron chi connectivity index (χ1n) is 6.51. The maximum absolute atomic E-state index is 5.73. The van der Waals surface area contributed by atoms with Crippen LogP contribution in [0.4, 0.5) is 11.9 Å². The van der Waals surface area contributed by atoms with Gasteiger partial charge in [0.05, 0.1) is 13.2 Å². The molecule has 2 heterocycles. The largest absolute Gasteiger partial charge is 0.383 e. The molecule has 0 aromatic carbocycles. The van der Waals surface area contributed by atoms with Crippen LogP contribution in [0, 0.1) is 0 Å². The minimum absolute atomic E-state index is 0.274. The van der Waals surface area contributed by atoms with Gasteiger partial charge in [0.2, 0.25) is 11.9 Å². The van der Waals surface area contributed by atoms with Gasteiger partial charge >= 0.3 is 0 Å². The molecule has 1 saturated heterocycles. The van der Waals surface area contributed by atoms with E-state index in [-0.39, 0.29) is 5.95 Å². The summed E-state index contributed by atoms with van der Waals surface area (Å²) >= 11 is 0. The minimum Gasteiger partial charge on any atom is -0.383 e. The first-order chi connectivity index (χ1) is 9.10. The average Bonchev–Trinajstić information content (AvgIpc) is 2.76. The van der Waals surface area contributed by atoms with Crippen LogP contribution in [-0.4, -0.2) is 60.3 Å². The van der Waals surface area contributed by atoms with E-state index in [1.165, 1.54) is 6.42 Å². The summed E-state index contributed by atoms with van der Waals surface area (Å²) in [6.45, 7) is 2.50. The lowest BCUT2D eigenvalue weighted by atomic mass is 10.2. The smallest absolute Gasteiger partial charge is 0.229 e. The van der Waals surface area contributed by atoms with Crippen molar-refractivity contribution >= 4 is 11.9 Å². The van der Waals surface area contributed by atoms with E-state index in [2.05, 4.69) is 19.9 Å². The van der Waals surface area contributed by atoms with Crippen molar-refractivity contribution in [2.45, 2.75) is 25.4 Å². The lowest BCUT2D eigenvalue weighted by Gasteiger charge is -2.23. The zero-order valence-corrected chi connectivity index (χ0v) is 11.8. The Kier molecular flexibility index (Phi) is 4.49. The number of anilines is 2. The van der Waals surface area contributed by atoms with E-state index in [1.807, 2.05) is 19.0 Å². The van der Waals surface area contributed by atoms with Gasteiger partial charge in [0.15, 0.2) is 0 Å². The molecule has 1 aliphatic rings. The van der Waals surface area contributed by atoms with Gasteiger partial charge in [-0.3, -0.25) is 4.90 Å². The monoisotopic (exact) mass is 266 g/mol. The lowest BCUT2D eigenvalue weighted by Crippen LogP contribution is -2.33. The van der Waals surface area contributed by atoms with Crippen LogP contribution in [0.25, 0.3) is 0 Å². The third-order valence-electron chi connectivity index (χ3n) is 3.29. The first kappa shape index (κ1) is 14.0. The van der Waals surface area contributed by atoms with Crippen LogP contribution < -0.4 is 10.6 Å². The second-order valence-corrected chi connectivity index (χ2v) is 5.03. The van der Waals surface area contributed by atoms with Gasteiger partial charge in [-0.2, -0.15) is 15.0 Å². The Morgan fingerprint density at radius 3 is 2.84 bits per heavy atom. The molecule has 106 valence electrons. The Bertz CT molecular complexity index is 425. The van der Waals surface area contributed by atoms with Crippen molar-refractivity contribution in [3.05, 3.63) is 5.82 Å². The van der Waals surface area contributed by atoms with Crippen molar-refractivity contribution in [1.82, 2.24) is 19.9 Å². The summed E-state index contributed by atoms with van der Waals surface area (Å²) in [6, 6.07) is 0.450. The number of ether oxygens (including phenoxy) is 1. The van der Waals surface area contributed by atoms with Crippen molar-refractivity contribution in [3.63, 3.8) is 0 Å². The standard InChI is InChI=1S/C12H22N6O/c1-17(2)12-15-10(14-11(13)16-12)7-18-6-4-5-9(18)8-19-3/h9H,4-8H2,1-3H3,(H2,13,14,15,16)/t9-/m1/s1. The maximum Gasteiger partial charge on any atom is 0.229 e. The quantitative estimate of drug-likeness (QED) is 0.811. The summed E-state index contributed by atoms with van der Waals surface area (Å²) < 4.78 is 5.25. The molecular weight excluding hydrogens is 244 g/mol. The topological polar surface area (TPSA) is 80.4 Å². The van der Waals surface area contributed by atoms with E-state index in [9.17, 15) is 0 Å². The first-order valence-corrected chi connectivity index (χ1v) is 6.51. The molecule has 7 nitrogen and oxygen atoms in total. The molecule has 0 unspecified atom stereocenters. The molecule has 1 fully saturated rings. The molecule has 0 saturated carbocycles. The normalized spacial score (nSPS) is 19.8. The Labute approximate surface area is 113 Å². The van der Waals surface area contributed by atoms with Crippen LogP contribution >= 0.6 is 0 Å². The Morgan fingerprint density at radius 1 is 1.37 bits per heavy atom. The molecule has 1 aliphatic heterocycles. The van der Waals surface area contributed by atoms with Gasteiger partial charge in [-0.15, -0.1) is 0 Å². The second kappa shape index (κ2) is 6.12. The van der Waals surface area contributed by atoms with E-state index in [0.29, 0.717) is 18.5 Å². The zero-order chi connectivity index (χ0) is 13.8. The van der Waals surface area contributed by atoms with Gasteiger partial charge in [0.1, 0.15) is 5.82 Å².